The molecule has 1 rings (SSSR count). The predicted molar refractivity (Wildman–Crippen MR) is 71.0 cm³/mol. The molecule has 7 heteroatoms. The predicted octanol–water partition coefficient (Wildman–Crippen LogP) is 2.86. The van der Waals surface area contributed by atoms with Crippen LogP contribution in [0.25, 0.3) is 0 Å². The molecule has 1 aromatic rings. The van der Waals surface area contributed by atoms with E-state index in [-0.39, 0.29) is 24.6 Å². The van der Waals surface area contributed by atoms with Gasteiger partial charge in [0.2, 0.25) is 5.91 Å². The molecule has 0 fully saturated rings. The van der Waals surface area contributed by atoms with Gasteiger partial charge in [-0.1, -0.05) is 0 Å². The summed E-state index contributed by atoms with van der Waals surface area (Å²) in [6.07, 6.45) is -2.34. The summed E-state index contributed by atoms with van der Waals surface area (Å²) < 4.78 is 38.0. The molecule has 0 radical (unpaired) electrons. The number of hydrogen-bond acceptors (Lipinski definition) is 3. The number of amides is 1. The minimum atomic E-state index is -4.45. The fraction of sp³-hybridized carbons (Fsp3) is 0.417. The minimum absolute atomic E-state index is 0.0163. The molecule has 3 nitrogen and oxygen atoms in total. The highest BCUT2D eigenvalue weighted by molar-refractivity contribution is 7.98. The van der Waals surface area contributed by atoms with Gasteiger partial charge in [-0.2, -0.15) is 24.9 Å². The van der Waals surface area contributed by atoms with Gasteiger partial charge in [0.1, 0.15) is 0 Å². The number of halogens is 3. The lowest BCUT2D eigenvalue weighted by molar-refractivity contribution is -0.137. The van der Waals surface area contributed by atoms with Crippen LogP contribution in [0.5, 0.6) is 0 Å². The van der Waals surface area contributed by atoms with Crippen molar-refractivity contribution in [3.05, 3.63) is 29.3 Å². The Morgan fingerprint density at radius 2 is 2.05 bits per heavy atom. The van der Waals surface area contributed by atoms with Crippen molar-refractivity contribution in [2.45, 2.75) is 19.1 Å². The first kappa shape index (κ1) is 15.8. The van der Waals surface area contributed by atoms with Gasteiger partial charge in [0.05, 0.1) is 5.56 Å². The van der Waals surface area contributed by atoms with Crippen LogP contribution in [0.1, 0.15) is 17.5 Å². The van der Waals surface area contributed by atoms with Crippen molar-refractivity contribution in [2.75, 3.05) is 17.3 Å². The summed E-state index contributed by atoms with van der Waals surface area (Å²) in [6, 6.07) is 3.35. The number of benzene rings is 1. The lowest BCUT2D eigenvalue weighted by Crippen LogP contribution is -2.14. The quantitative estimate of drug-likeness (QED) is 0.877. The van der Waals surface area contributed by atoms with Crippen LogP contribution in [0.3, 0.4) is 0 Å². The molecule has 0 saturated heterocycles. The van der Waals surface area contributed by atoms with Crippen molar-refractivity contribution >= 4 is 23.4 Å². The van der Waals surface area contributed by atoms with E-state index >= 15 is 0 Å². The van der Waals surface area contributed by atoms with E-state index in [0.29, 0.717) is 11.3 Å². The zero-order valence-electron chi connectivity index (χ0n) is 10.4. The maximum Gasteiger partial charge on any atom is 0.416 e. The Kier molecular flexibility index (Phi) is 5.68. The van der Waals surface area contributed by atoms with E-state index in [0.717, 1.165) is 12.1 Å². The third-order valence-electron chi connectivity index (χ3n) is 2.37. The van der Waals surface area contributed by atoms with Crippen LogP contribution in [-0.2, 0) is 17.5 Å². The van der Waals surface area contributed by atoms with Gasteiger partial charge >= 0.3 is 6.18 Å². The first-order valence-corrected chi connectivity index (χ1v) is 6.96. The van der Waals surface area contributed by atoms with Crippen LogP contribution in [0, 0.1) is 0 Å². The van der Waals surface area contributed by atoms with E-state index in [1.54, 1.807) is 0 Å². The number of nitrogens with two attached hydrogens (primary N) is 1. The van der Waals surface area contributed by atoms with Crippen LogP contribution >= 0.6 is 11.8 Å². The Labute approximate surface area is 113 Å². The number of rotatable bonds is 5. The summed E-state index contributed by atoms with van der Waals surface area (Å²) in [5.74, 6) is 0.311. The molecule has 1 aromatic carbocycles. The van der Waals surface area contributed by atoms with E-state index in [4.69, 9.17) is 5.73 Å². The van der Waals surface area contributed by atoms with E-state index < -0.39 is 11.7 Å². The van der Waals surface area contributed by atoms with Crippen molar-refractivity contribution in [3.8, 4) is 0 Å². The Balaban J connectivity index is 2.91. The van der Waals surface area contributed by atoms with Crippen LogP contribution in [0.4, 0.5) is 18.9 Å². The second-order valence-corrected chi connectivity index (χ2v) is 4.90. The highest BCUT2D eigenvalue weighted by Gasteiger charge is 2.31. The average Bonchev–Trinajstić information content (AvgIpc) is 2.34. The molecule has 3 N–H and O–H groups in total. The minimum Gasteiger partial charge on any atom is -0.326 e. The molecule has 0 saturated carbocycles. The van der Waals surface area contributed by atoms with Gasteiger partial charge in [0.15, 0.2) is 0 Å². The molecule has 0 bridgehead atoms. The molecule has 1 amide bonds. The van der Waals surface area contributed by atoms with Crippen molar-refractivity contribution in [2.24, 2.45) is 5.73 Å². The molecule has 0 heterocycles. The molecular formula is C12H15F3N2OS. The van der Waals surface area contributed by atoms with Gasteiger partial charge in [-0.3, -0.25) is 4.79 Å². The average molecular weight is 292 g/mol. The molecule has 0 aliphatic rings. The Hall–Kier alpha value is -1.21. The Morgan fingerprint density at radius 3 is 2.58 bits per heavy atom. The SMILES string of the molecule is CSCCC(=O)Nc1cc(CN)cc(C(F)(F)F)c1. The summed E-state index contributed by atoms with van der Waals surface area (Å²) in [5.41, 5.74) is 5.00. The summed E-state index contributed by atoms with van der Waals surface area (Å²) in [5, 5.41) is 2.46. The zero-order chi connectivity index (χ0) is 14.5. The van der Waals surface area contributed by atoms with Gasteiger partial charge < -0.3 is 11.1 Å². The highest BCUT2D eigenvalue weighted by atomic mass is 32.2. The van der Waals surface area contributed by atoms with Gasteiger partial charge in [-0.25, -0.2) is 0 Å². The van der Waals surface area contributed by atoms with Crippen LogP contribution < -0.4 is 11.1 Å². The summed E-state index contributed by atoms with van der Waals surface area (Å²) in [7, 11) is 0. The molecule has 0 aromatic heterocycles. The standard InChI is InChI=1S/C12H15F3N2OS/c1-19-3-2-11(18)17-10-5-8(7-16)4-9(6-10)12(13,14)15/h4-6H,2-3,7,16H2,1H3,(H,17,18). The monoisotopic (exact) mass is 292 g/mol. The first-order chi connectivity index (χ1) is 8.86. The number of carbonyl (C=O) groups excluding carboxylic acids is 1. The summed E-state index contributed by atoms with van der Waals surface area (Å²) in [6.45, 7) is -0.0163. The zero-order valence-corrected chi connectivity index (χ0v) is 11.2. The molecular weight excluding hydrogens is 277 g/mol. The maximum absolute atomic E-state index is 12.7. The van der Waals surface area contributed by atoms with Gasteiger partial charge in [-0.05, 0) is 30.0 Å². The normalized spacial score (nSPS) is 11.4. The largest absolute Gasteiger partial charge is 0.416 e. The lowest BCUT2D eigenvalue weighted by atomic mass is 10.1. The van der Waals surface area contributed by atoms with Crippen molar-refractivity contribution in [1.82, 2.24) is 0 Å². The number of thioether (sulfide) groups is 1. The molecule has 0 aliphatic heterocycles. The first-order valence-electron chi connectivity index (χ1n) is 5.57. The molecule has 0 atom stereocenters. The fourth-order valence-electron chi connectivity index (χ4n) is 1.46. The molecule has 19 heavy (non-hydrogen) atoms. The number of carbonyl (C=O) groups is 1. The molecule has 0 spiro atoms. The summed E-state index contributed by atoms with van der Waals surface area (Å²) in [4.78, 5) is 11.5. The summed E-state index contributed by atoms with van der Waals surface area (Å²) >= 11 is 1.49. The van der Waals surface area contributed by atoms with E-state index in [9.17, 15) is 18.0 Å². The topological polar surface area (TPSA) is 55.1 Å². The second-order valence-electron chi connectivity index (χ2n) is 3.91. The highest BCUT2D eigenvalue weighted by Crippen LogP contribution is 2.32. The molecule has 0 unspecified atom stereocenters. The number of alkyl halides is 3. The van der Waals surface area contributed by atoms with Crippen molar-refractivity contribution < 1.29 is 18.0 Å². The second kappa shape index (κ2) is 6.81. The lowest BCUT2D eigenvalue weighted by Gasteiger charge is -2.12. The Bertz CT molecular complexity index is 449. The van der Waals surface area contributed by atoms with Crippen molar-refractivity contribution in [3.63, 3.8) is 0 Å². The van der Waals surface area contributed by atoms with E-state index in [1.165, 1.54) is 17.8 Å². The number of anilines is 1. The Morgan fingerprint density at radius 1 is 1.37 bits per heavy atom. The van der Waals surface area contributed by atoms with Crippen LogP contribution in [0.15, 0.2) is 18.2 Å². The third-order valence-corrected chi connectivity index (χ3v) is 2.99. The van der Waals surface area contributed by atoms with Crippen LogP contribution in [0.2, 0.25) is 0 Å². The number of nitrogens with one attached hydrogen (secondary N) is 1. The van der Waals surface area contributed by atoms with E-state index in [1.807, 2.05) is 6.26 Å². The van der Waals surface area contributed by atoms with E-state index in [2.05, 4.69) is 5.32 Å². The third kappa shape index (κ3) is 5.12. The smallest absolute Gasteiger partial charge is 0.326 e. The fourth-order valence-corrected chi connectivity index (χ4v) is 1.85. The van der Waals surface area contributed by atoms with Crippen LogP contribution in [-0.4, -0.2) is 17.9 Å². The van der Waals surface area contributed by atoms with Crippen molar-refractivity contribution in [1.29, 1.82) is 0 Å². The van der Waals surface area contributed by atoms with Gasteiger partial charge in [0.25, 0.3) is 0 Å². The van der Waals surface area contributed by atoms with Gasteiger partial charge in [0, 0.05) is 24.4 Å². The number of hydrogen-bond donors (Lipinski definition) is 2. The molecule has 0 aliphatic carbocycles. The van der Waals surface area contributed by atoms with Gasteiger partial charge in [-0.15, -0.1) is 0 Å². The molecule has 106 valence electrons. The maximum atomic E-state index is 12.7.